The van der Waals surface area contributed by atoms with Crippen molar-refractivity contribution in [1.82, 2.24) is 9.55 Å². The predicted molar refractivity (Wildman–Crippen MR) is 234 cm³/mol. The molecule has 8 aromatic rings. The number of benzene rings is 6. The van der Waals surface area contributed by atoms with Gasteiger partial charge in [-0.25, -0.2) is 4.98 Å². The van der Waals surface area contributed by atoms with Gasteiger partial charge in [-0.2, -0.15) is 0 Å². The van der Waals surface area contributed by atoms with E-state index in [0.717, 1.165) is 40.3 Å². The first-order valence-corrected chi connectivity index (χ1v) is 19.3. The number of hydrogen-bond acceptors (Lipinski definition) is 2. The van der Waals surface area contributed by atoms with Gasteiger partial charge in [0, 0.05) is 34.0 Å². The van der Waals surface area contributed by atoms with Crippen LogP contribution in [-0.2, 0) is 0 Å². The largest absolute Gasteiger partial charge is 0.310 e. The number of fused-ring (bicyclic) bond motifs is 3. The first-order chi connectivity index (χ1) is 26.8. The van der Waals surface area contributed by atoms with Gasteiger partial charge in [-0.15, -0.1) is 0 Å². The van der Waals surface area contributed by atoms with Gasteiger partial charge < -0.3 is 4.90 Å². The van der Waals surface area contributed by atoms with Crippen molar-refractivity contribution in [3.05, 3.63) is 192 Å². The molecule has 0 amide bonds. The number of pyridine rings is 1. The minimum atomic E-state index is 0.564. The second-order valence-electron chi connectivity index (χ2n) is 15.2. The molecule has 3 heteroatoms. The number of anilines is 3. The van der Waals surface area contributed by atoms with E-state index in [9.17, 15) is 0 Å². The summed E-state index contributed by atoms with van der Waals surface area (Å²) in [5.41, 5.74) is 18.4. The monoisotopic (exact) mass is 711 g/mol. The zero-order chi connectivity index (χ0) is 37.6. The van der Waals surface area contributed by atoms with Gasteiger partial charge in [0.05, 0.1) is 11.0 Å². The number of aryl methyl sites for hydroxylation is 3. The molecule has 9 rings (SSSR count). The van der Waals surface area contributed by atoms with Crippen LogP contribution in [0.2, 0.25) is 0 Å². The molecule has 0 bridgehead atoms. The molecule has 1 unspecified atom stereocenters. The summed E-state index contributed by atoms with van der Waals surface area (Å²) in [6.07, 6.45) is 7.64. The maximum atomic E-state index is 4.75. The lowest BCUT2D eigenvalue weighted by Gasteiger charge is -2.28. The van der Waals surface area contributed by atoms with E-state index in [2.05, 4.69) is 196 Å². The Morgan fingerprint density at radius 1 is 0.545 bits per heavy atom. The van der Waals surface area contributed by atoms with Crippen LogP contribution < -0.4 is 4.90 Å². The Bertz CT molecular complexity index is 2780. The van der Waals surface area contributed by atoms with Crippen molar-refractivity contribution in [2.45, 2.75) is 41.0 Å². The third-order valence-corrected chi connectivity index (χ3v) is 11.4. The minimum Gasteiger partial charge on any atom is -0.310 e. The van der Waals surface area contributed by atoms with E-state index in [0.29, 0.717) is 5.92 Å². The maximum absolute atomic E-state index is 4.75. The summed E-state index contributed by atoms with van der Waals surface area (Å²) in [6, 6.07) is 53.1. The van der Waals surface area contributed by atoms with Crippen molar-refractivity contribution in [1.29, 1.82) is 0 Å². The van der Waals surface area contributed by atoms with Gasteiger partial charge >= 0.3 is 0 Å². The van der Waals surface area contributed by atoms with E-state index in [4.69, 9.17) is 4.98 Å². The standard InChI is InChI=1S/C52H45N3/c1-34-17-27-45(38(5)30-34)49-33-43(24-19-37(49)4)54(42-23-18-36(3)48(32-42)44-13-7-6-12-35(44)2)41-25-20-39(21-26-41)40-22-28-47-46-14-8-9-15-50(46)55(51(47)31-40)52-16-10-11-29-53-52/h6-29,31-34H,30H2,1-5H3. The molecule has 0 N–H and O–H groups in total. The third kappa shape index (κ3) is 6.26. The van der Waals surface area contributed by atoms with Gasteiger partial charge in [0.1, 0.15) is 5.82 Å². The SMILES string of the molecule is CC1=C(c2cc(N(c3ccc(-c4ccc5c6ccccc6n(-c6ccccn6)c5c4)cc3)c3ccc(C)c(-c4ccccc4C)c3)ccc2C)C=CC(C)C1. The average Bonchev–Trinajstić information content (AvgIpc) is 3.54. The van der Waals surface area contributed by atoms with E-state index in [1.165, 1.54) is 66.4 Å². The first kappa shape index (κ1) is 34.3. The molecule has 55 heavy (non-hydrogen) atoms. The van der Waals surface area contributed by atoms with Gasteiger partial charge in [-0.3, -0.25) is 4.57 Å². The van der Waals surface area contributed by atoms with Crippen LogP contribution in [-0.4, -0.2) is 9.55 Å². The zero-order valence-corrected chi connectivity index (χ0v) is 32.2. The minimum absolute atomic E-state index is 0.564. The molecule has 0 saturated heterocycles. The van der Waals surface area contributed by atoms with Crippen molar-refractivity contribution in [3.8, 4) is 28.1 Å². The van der Waals surface area contributed by atoms with Crippen LogP contribution in [0.25, 0.3) is 55.5 Å². The Labute approximate surface area is 324 Å². The topological polar surface area (TPSA) is 21.1 Å². The van der Waals surface area contributed by atoms with Crippen LogP contribution in [0.5, 0.6) is 0 Å². The Kier molecular flexibility index (Phi) is 8.79. The molecule has 268 valence electrons. The molecule has 0 saturated carbocycles. The summed E-state index contributed by atoms with van der Waals surface area (Å²) in [4.78, 5) is 7.17. The van der Waals surface area contributed by atoms with Crippen LogP contribution in [0.4, 0.5) is 17.1 Å². The van der Waals surface area contributed by atoms with E-state index in [1.54, 1.807) is 0 Å². The molecule has 0 aliphatic heterocycles. The van der Waals surface area contributed by atoms with E-state index >= 15 is 0 Å². The summed E-state index contributed by atoms with van der Waals surface area (Å²) in [6.45, 7) is 11.2. The molecule has 0 radical (unpaired) electrons. The van der Waals surface area contributed by atoms with Gasteiger partial charge in [0.15, 0.2) is 0 Å². The van der Waals surface area contributed by atoms with Crippen molar-refractivity contribution in [2.75, 3.05) is 4.90 Å². The van der Waals surface area contributed by atoms with Crippen molar-refractivity contribution >= 4 is 44.4 Å². The highest BCUT2D eigenvalue weighted by molar-refractivity contribution is 6.10. The second-order valence-corrected chi connectivity index (χ2v) is 15.2. The maximum Gasteiger partial charge on any atom is 0.137 e. The summed E-state index contributed by atoms with van der Waals surface area (Å²) >= 11 is 0. The summed E-state index contributed by atoms with van der Waals surface area (Å²) in [5.74, 6) is 1.48. The fourth-order valence-corrected chi connectivity index (χ4v) is 8.47. The fourth-order valence-electron chi connectivity index (χ4n) is 8.47. The lowest BCUT2D eigenvalue weighted by Crippen LogP contribution is -2.11. The van der Waals surface area contributed by atoms with Crippen LogP contribution in [0, 0.1) is 26.7 Å². The molecular weight excluding hydrogens is 667 g/mol. The van der Waals surface area contributed by atoms with Gasteiger partial charge in [0.2, 0.25) is 0 Å². The first-order valence-electron chi connectivity index (χ1n) is 19.3. The number of allylic oxidation sites excluding steroid dienone is 4. The molecule has 1 aliphatic rings. The summed E-state index contributed by atoms with van der Waals surface area (Å²) in [7, 11) is 0. The Hall–Kier alpha value is -6.45. The van der Waals surface area contributed by atoms with Crippen molar-refractivity contribution in [3.63, 3.8) is 0 Å². The number of para-hydroxylation sites is 1. The number of hydrogen-bond donors (Lipinski definition) is 0. The second kappa shape index (κ2) is 14.1. The lowest BCUT2D eigenvalue weighted by molar-refractivity contribution is 0.710. The Morgan fingerprint density at radius 2 is 1.18 bits per heavy atom. The van der Waals surface area contributed by atoms with Gasteiger partial charge in [-0.1, -0.05) is 110 Å². The van der Waals surface area contributed by atoms with Crippen LogP contribution in [0.15, 0.2) is 170 Å². The highest BCUT2D eigenvalue weighted by Gasteiger charge is 2.20. The average molecular weight is 712 g/mol. The quantitative estimate of drug-likeness (QED) is 0.164. The summed E-state index contributed by atoms with van der Waals surface area (Å²) in [5, 5.41) is 2.45. The zero-order valence-electron chi connectivity index (χ0n) is 32.2. The van der Waals surface area contributed by atoms with Gasteiger partial charge in [0.25, 0.3) is 0 Å². The molecule has 2 heterocycles. The predicted octanol–water partition coefficient (Wildman–Crippen LogP) is 14.3. The molecule has 3 nitrogen and oxygen atoms in total. The number of aromatic nitrogens is 2. The van der Waals surface area contributed by atoms with Crippen LogP contribution in [0.1, 0.15) is 42.5 Å². The highest BCUT2D eigenvalue weighted by Crippen LogP contribution is 2.42. The molecule has 6 aromatic carbocycles. The lowest BCUT2D eigenvalue weighted by atomic mass is 9.86. The van der Waals surface area contributed by atoms with Crippen molar-refractivity contribution in [2.24, 2.45) is 5.92 Å². The smallest absolute Gasteiger partial charge is 0.137 e. The molecule has 2 aromatic heterocycles. The molecule has 1 aliphatic carbocycles. The molecule has 0 fully saturated rings. The molecule has 1 atom stereocenters. The summed E-state index contributed by atoms with van der Waals surface area (Å²) < 4.78 is 2.28. The van der Waals surface area contributed by atoms with Gasteiger partial charge in [-0.05, 0) is 151 Å². The normalized spacial score (nSPS) is 14.2. The fraction of sp³-hybridized carbons (Fsp3) is 0.135. The number of nitrogens with zero attached hydrogens (tertiary/aromatic N) is 3. The van der Waals surface area contributed by atoms with E-state index in [-0.39, 0.29) is 0 Å². The van der Waals surface area contributed by atoms with Crippen molar-refractivity contribution < 1.29 is 0 Å². The molecular formula is C52H45N3. The van der Waals surface area contributed by atoms with E-state index in [1.807, 2.05) is 12.3 Å². The molecule has 0 spiro atoms. The number of rotatable bonds is 7. The third-order valence-electron chi connectivity index (χ3n) is 11.4. The Balaban J connectivity index is 1.18. The highest BCUT2D eigenvalue weighted by atomic mass is 15.1. The van der Waals surface area contributed by atoms with E-state index < -0.39 is 0 Å². The van der Waals surface area contributed by atoms with Crippen LogP contribution in [0.3, 0.4) is 0 Å². The van der Waals surface area contributed by atoms with Crippen LogP contribution >= 0.6 is 0 Å². The Morgan fingerprint density at radius 3 is 1.93 bits per heavy atom.